The normalized spacial score (nSPS) is 28.8. The van der Waals surface area contributed by atoms with E-state index in [0.717, 1.165) is 37.3 Å². The summed E-state index contributed by atoms with van der Waals surface area (Å²) in [4.78, 5) is 12.6. The number of hydrogen-bond acceptors (Lipinski definition) is 5. The fourth-order valence-electron chi connectivity index (χ4n) is 4.50. The maximum Gasteiger partial charge on any atom is 0.224 e. The van der Waals surface area contributed by atoms with Gasteiger partial charge in [-0.25, -0.2) is 0 Å². The van der Waals surface area contributed by atoms with Crippen LogP contribution < -0.4 is 25.6 Å². The SMILES string of the molecule is CC1(C)Cc2cccc(OCCNC(=O)C3CCCC4CNNC43)c2O1. The highest BCUT2D eigenvalue weighted by Gasteiger charge is 2.40. The molecule has 2 aliphatic heterocycles. The second-order valence-electron chi connectivity index (χ2n) is 8.27. The molecule has 0 aromatic heterocycles. The van der Waals surface area contributed by atoms with Crippen LogP contribution in [-0.2, 0) is 11.2 Å². The molecule has 3 unspecified atom stereocenters. The maximum atomic E-state index is 12.6. The fraction of sp³-hybridized carbons (Fsp3) is 0.650. The van der Waals surface area contributed by atoms with E-state index in [0.29, 0.717) is 19.1 Å². The van der Waals surface area contributed by atoms with Crippen molar-refractivity contribution in [1.29, 1.82) is 0 Å². The van der Waals surface area contributed by atoms with E-state index in [9.17, 15) is 4.79 Å². The lowest BCUT2D eigenvalue weighted by molar-refractivity contribution is -0.127. The van der Waals surface area contributed by atoms with Crippen LogP contribution in [0.5, 0.6) is 11.5 Å². The Hall–Kier alpha value is -1.79. The molecule has 4 rings (SSSR count). The van der Waals surface area contributed by atoms with Gasteiger partial charge in [-0.15, -0.1) is 0 Å². The summed E-state index contributed by atoms with van der Waals surface area (Å²) in [5.74, 6) is 2.37. The molecule has 6 nitrogen and oxygen atoms in total. The monoisotopic (exact) mass is 359 g/mol. The Labute approximate surface area is 155 Å². The summed E-state index contributed by atoms with van der Waals surface area (Å²) in [7, 11) is 0. The maximum absolute atomic E-state index is 12.6. The third-order valence-electron chi connectivity index (χ3n) is 5.71. The Morgan fingerprint density at radius 2 is 2.27 bits per heavy atom. The first kappa shape index (κ1) is 17.6. The zero-order valence-electron chi connectivity index (χ0n) is 15.6. The first-order valence-corrected chi connectivity index (χ1v) is 9.73. The van der Waals surface area contributed by atoms with Crippen molar-refractivity contribution in [3.05, 3.63) is 23.8 Å². The van der Waals surface area contributed by atoms with Crippen LogP contribution in [0.2, 0.25) is 0 Å². The Morgan fingerprint density at radius 1 is 1.38 bits per heavy atom. The van der Waals surface area contributed by atoms with E-state index in [1.165, 1.54) is 12.0 Å². The van der Waals surface area contributed by atoms with Crippen LogP contribution in [0.15, 0.2) is 18.2 Å². The van der Waals surface area contributed by atoms with Crippen LogP contribution >= 0.6 is 0 Å². The molecule has 3 aliphatic rings. The minimum Gasteiger partial charge on any atom is -0.488 e. The molecule has 0 bridgehead atoms. The highest BCUT2D eigenvalue weighted by molar-refractivity contribution is 5.79. The van der Waals surface area contributed by atoms with Gasteiger partial charge in [0.25, 0.3) is 0 Å². The molecule has 1 aliphatic carbocycles. The Morgan fingerprint density at radius 3 is 3.15 bits per heavy atom. The Bertz CT molecular complexity index is 676. The third kappa shape index (κ3) is 3.53. The largest absolute Gasteiger partial charge is 0.488 e. The number of benzene rings is 1. The lowest BCUT2D eigenvalue weighted by Crippen LogP contribution is -2.48. The fourth-order valence-corrected chi connectivity index (χ4v) is 4.50. The predicted molar refractivity (Wildman–Crippen MR) is 99.1 cm³/mol. The van der Waals surface area contributed by atoms with E-state index in [-0.39, 0.29) is 23.5 Å². The molecule has 1 aromatic carbocycles. The number of ether oxygens (including phenoxy) is 2. The van der Waals surface area contributed by atoms with Crippen molar-refractivity contribution in [1.82, 2.24) is 16.2 Å². The van der Waals surface area contributed by atoms with Gasteiger partial charge in [0, 0.05) is 24.6 Å². The zero-order chi connectivity index (χ0) is 18.1. The highest BCUT2D eigenvalue weighted by atomic mass is 16.5. The van der Waals surface area contributed by atoms with Gasteiger partial charge in [0.05, 0.1) is 12.5 Å². The quantitative estimate of drug-likeness (QED) is 0.699. The minimum absolute atomic E-state index is 0.0499. The molecule has 1 aromatic rings. The summed E-state index contributed by atoms with van der Waals surface area (Å²) < 4.78 is 11.9. The molecule has 3 N–H and O–H groups in total. The van der Waals surface area contributed by atoms with Crippen molar-refractivity contribution < 1.29 is 14.3 Å². The molecule has 2 heterocycles. The molecule has 0 radical (unpaired) electrons. The molecule has 1 saturated heterocycles. The number of hydrazine groups is 1. The molecular formula is C20H29N3O3. The molecule has 142 valence electrons. The van der Waals surface area contributed by atoms with Crippen molar-refractivity contribution >= 4 is 5.91 Å². The lowest BCUT2D eigenvalue weighted by Gasteiger charge is -2.31. The number of carbonyl (C=O) groups excluding carboxylic acids is 1. The van der Waals surface area contributed by atoms with Gasteiger partial charge < -0.3 is 14.8 Å². The number of hydrogen-bond donors (Lipinski definition) is 3. The number of carbonyl (C=O) groups is 1. The number of amides is 1. The van der Waals surface area contributed by atoms with Crippen molar-refractivity contribution in [3.63, 3.8) is 0 Å². The van der Waals surface area contributed by atoms with Crippen molar-refractivity contribution in [2.75, 3.05) is 19.7 Å². The van der Waals surface area contributed by atoms with E-state index in [1.54, 1.807) is 0 Å². The molecular weight excluding hydrogens is 330 g/mol. The smallest absolute Gasteiger partial charge is 0.224 e. The van der Waals surface area contributed by atoms with Gasteiger partial charge >= 0.3 is 0 Å². The summed E-state index contributed by atoms with van der Waals surface area (Å²) in [6.45, 7) is 6.08. The summed E-state index contributed by atoms with van der Waals surface area (Å²) in [6, 6.07) is 6.28. The van der Waals surface area contributed by atoms with Gasteiger partial charge in [0.15, 0.2) is 11.5 Å². The predicted octanol–water partition coefficient (Wildman–Crippen LogP) is 1.79. The molecule has 0 spiro atoms. The van der Waals surface area contributed by atoms with Crippen LogP contribution in [0.3, 0.4) is 0 Å². The summed E-state index contributed by atoms with van der Waals surface area (Å²) in [5, 5.41) is 3.05. The van der Waals surface area contributed by atoms with E-state index in [1.807, 2.05) is 12.1 Å². The standard InChI is InChI=1S/C20H29N3O3/c1-20(2)11-13-5-4-8-16(18(13)26-20)25-10-9-21-19(24)15-7-3-6-14-12-22-23-17(14)15/h4-5,8,14-15,17,22-23H,3,6-7,9-12H2,1-2H3,(H,21,24). The first-order chi connectivity index (χ1) is 12.5. The van der Waals surface area contributed by atoms with Gasteiger partial charge in [-0.05, 0) is 38.7 Å². The first-order valence-electron chi connectivity index (χ1n) is 9.73. The lowest BCUT2D eigenvalue weighted by atomic mass is 9.77. The Balaban J connectivity index is 1.27. The molecule has 2 fully saturated rings. The summed E-state index contributed by atoms with van der Waals surface area (Å²) in [6.07, 6.45) is 4.18. The molecule has 3 atom stereocenters. The van der Waals surface area contributed by atoms with Gasteiger partial charge in [0.1, 0.15) is 12.2 Å². The van der Waals surface area contributed by atoms with E-state index in [2.05, 4.69) is 36.1 Å². The molecule has 1 amide bonds. The van der Waals surface area contributed by atoms with Crippen molar-refractivity contribution in [3.8, 4) is 11.5 Å². The van der Waals surface area contributed by atoms with E-state index < -0.39 is 0 Å². The molecule has 1 saturated carbocycles. The minimum atomic E-state index is -0.185. The van der Waals surface area contributed by atoms with Crippen LogP contribution in [0.4, 0.5) is 0 Å². The average Bonchev–Trinajstić information content (AvgIpc) is 3.20. The summed E-state index contributed by atoms with van der Waals surface area (Å²) >= 11 is 0. The number of rotatable bonds is 5. The van der Waals surface area contributed by atoms with Crippen molar-refractivity contribution in [2.45, 2.75) is 51.2 Å². The van der Waals surface area contributed by atoms with Gasteiger partial charge in [-0.2, -0.15) is 0 Å². The van der Waals surface area contributed by atoms with Crippen LogP contribution in [0.25, 0.3) is 0 Å². The average molecular weight is 359 g/mol. The zero-order valence-corrected chi connectivity index (χ0v) is 15.6. The Kier molecular flexibility index (Phi) is 4.80. The van der Waals surface area contributed by atoms with Crippen LogP contribution in [-0.4, -0.2) is 37.2 Å². The van der Waals surface area contributed by atoms with Crippen LogP contribution in [0, 0.1) is 11.8 Å². The molecule has 6 heteroatoms. The second-order valence-corrected chi connectivity index (χ2v) is 8.27. The van der Waals surface area contributed by atoms with Crippen molar-refractivity contribution in [2.24, 2.45) is 11.8 Å². The van der Waals surface area contributed by atoms with Gasteiger partial charge in [-0.3, -0.25) is 15.6 Å². The molecule has 26 heavy (non-hydrogen) atoms. The van der Waals surface area contributed by atoms with Gasteiger partial charge in [-0.1, -0.05) is 18.6 Å². The third-order valence-corrected chi connectivity index (χ3v) is 5.71. The van der Waals surface area contributed by atoms with Gasteiger partial charge in [0.2, 0.25) is 5.91 Å². The van der Waals surface area contributed by atoms with Crippen LogP contribution in [0.1, 0.15) is 38.7 Å². The highest BCUT2D eigenvalue weighted by Crippen LogP contribution is 2.41. The van der Waals surface area contributed by atoms with E-state index in [4.69, 9.17) is 9.47 Å². The number of para-hydroxylation sites is 1. The summed E-state index contributed by atoms with van der Waals surface area (Å²) in [5.41, 5.74) is 7.48. The number of nitrogens with one attached hydrogen (secondary N) is 3. The van der Waals surface area contributed by atoms with E-state index >= 15 is 0 Å². The number of fused-ring (bicyclic) bond motifs is 2. The second kappa shape index (κ2) is 7.08. The topological polar surface area (TPSA) is 71.6 Å².